The van der Waals surface area contributed by atoms with Gasteiger partial charge < -0.3 is 5.73 Å². The zero-order valence-electron chi connectivity index (χ0n) is 10.3. The Bertz CT molecular complexity index is 318. The van der Waals surface area contributed by atoms with E-state index in [1.807, 2.05) is 4.68 Å². The molecule has 0 amide bonds. The smallest absolute Gasteiger partial charge is 0.137 e. The summed E-state index contributed by atoms with van der Waals surface area (Å²) in [6, 6.07) is 0.379. The molecule has 4 heteroatoms. The van der Waals surface area contributed by atoms with Crippen molar-refractivity contribution in [3.8, 4) is 0 Å². The van der Waals surface area contributed by atoms with Gasteiger partial charge in [-0.05, 0) is 37.0 Å². The molecule has 1 aromatic heterocycles. The quantitative estimate of drug-likeness (QED) is 0.845. The highest BCUT2D eigenvalue weighted by Crippen LogP contribution is 2.44. The first-order valence-corrected chi connectivity index (χ1v) is 6.18. The summed E-state index contributed by atoms with van der Waals surface area (Å²) in [6.45, 7) is 5.59. The van der Waals surface area contributed by atoms with Gasteiger partial charge in [0.25, 0.3) is 0 Å². The maximum Gasteiger partial charge on any atom is 0.137 e. The first kappa shape index (κ1) is 11.6. The molecule has 0 aromatic carbocycles. The molecule has 1 aliphatic rings. The number of hydrogen-bond acceptors (Lipinski definition) is 3. The maximum atomic E-state index is 6.14. The monoisotopic (exact) mass is 222 g/mol. The molecule has 2 rings (SSSR count). The van der Waals surface area contributed by atoms with Gasteiger partial charge in [0.1, 0.15) is 12.7 Å². The van der Waals surface area contributed by atoms with E-state index in [9.17, 15) is 0 Å². The van der Waals surface area contributed by atoms with Crippen molar-refractivity contribution in [3.05, 3.63) is 12.7 Å². The second-order valence-corrected chi connectivity index (χ2v) is 5.50. The van der Waals surface area contributed by atoms with Crippen LogP contribution in [-0.2, 0) is 6.54 Å². The Kier molecular flexibility index (Phi) is 3.28. The van der Waals surface area contributed by atoms with Crippen molar-refractivity contribution < 1.29 is 0 Å². The van der Waals surface area contributed by atoms with Crippen LogP contribution < -0.4 is 5.73 Å². The second kappa shape index (κ2) is 4.53. The minimum absolute atomic E-state index is 0.308. The Morgan fingerprint density at radius 3 is 2.81 bits per heavy atom. The van der Waals surface area contributed by atoms with E-state index in [1.54, 1.807) is 12.7 Å². The molecule has 0 radical (unpaired) electrons. The third kappa shape index (κ3) is 2.26. The van der Waals surface area contributed by atoms with E-state index >= 15 is 0 Å². The minimum atomic E-state index is 0.308. The maximum absolute atomic E-state index is 6.14. The summed E-state index contributed by atoms with van der Waals surface area (Å²) in [5.74, 6) is 0.769. The molecule has 1 aromatic rings. The van der Waals surface area contributed by atoms with Crippen molar-refractivity contribution in [2.24, 2.45) is 17.1 Å². The Morgan fingerprint density at radius 2 is 2.25 bits per heavy atom. The molecule has 16 heavy (non-hydrogen) atoms. The molecule has 1 heterocycles. The van der Waals surface area contributed by atoms with Gasteiger partial charge in [0.05, 0.1) is 0 Å². The van der Waals surface area contributed by atoms with E-state index in [0.717, 1.165) is 12.5 Å². The van der Waals surface area contributed by atoms with E-state index in [2.05, 4.69) is 23.9 Å². The first-order valence-electron chi connectivity index (χ1n) is 6.18. The lowest BCUT2D eigenvalue weighted by Crippen LogP contribution is -2.35. The van der Waals surface area contributed by atoms with E-state index in [0.29, 0.717) is 11.5 Å². The molecule has 4 nitrogen and oxygen atoms in total. The molecule has 2 atom stereocenters. The van der Waals surface area contributed by atoms with Gasteiger partial charge in [-0.25, -0.2) is 4.98 Å². The number of aromatic nitrogens is 3. The van der Waals surface area contributed by atoms with Crippen LogP contribution in [0.2, 0.25) is 0 Å². The van der Waals surface area contributed by atoms with Gasteiger partial charge in [0, 0.05) is 12.6 Å². The molecular weight excluding hydrogens is 200 g/mol. The molecule has 1 aliphatic carbocycles. The first-order chi connectivity index (χ1) is 7.60. The van der Waals surface area contributed by atoms with Gasteiger partial charge in [0.2, 0.25) is 0 Å². The number of aryl methyl sites for hydroxylation is 1. The summed E-state index contributed by atoms with van der Waals surface area (Å²) >= 11 is 0. The lowest BCUT2D eigenvalue weighted by molar-refractivity contribution is 0.214. The summed E-state index contributed by atoms with van der Waals surface area (Å²) in [6.07, 6.45) is 8.26. The predicted octanol–water partition coefficient (Wildman–Crippen LogP) is 1.82. The average molecular weight is 222 g/mol. The zero-order valence-corrected chi connectivity index (χ0v) is 10.3. The molecule has 1 fully saturated rings. The molecule has 0 saturated heterocycles. The van der Waals surface area contributed by atoms with Gasteiger partial charge in [-0.1, -0.05) is 13.8 Å². The van der Waals surface area contributed by atoms with E-state index in [1.165, 1.54) is 25.7 Å². The van der Waals surface area contributed by atoms with Crippen LogP contribution in [0.1, 0.15) is 39.5 Å². The summed E-state index contributed by atoms with van der Waals surface area (Å²) in [5, 5.41) is 4.11. The third-order valence-electron chi connectivity index (χ3n) is 4.24. The van der Waals surface area contributed by atoms with Gasteiger partial charge in [-0.15, -0.1) is 0 Å². The molecule has 0 bridgehead atoms. The number of nitrogens with two attached hydrogens (primary N) is 1. The van der Waals surface area contributed by atoms with E-state index in [4.69, 9.17) is 5.73 Å². The Labute approximate surface area is 97.2 Å². The number of rotatable bonds is 4. The summed E-state index contributed by atoms with van der Waals surface area (Å²) < 4.78 is 1.90. The highest BCUT2D eigenvalue weighted by molar-refractivity contribution is 4.94. The van der Waals surface area contributed by atoms with E-state index in [-0.39, 0.29) is 0 Å². The van der Waals surface area contributed by atoms with Crippen LogP contribution in [0, 0.1) is 11.3 Å². The van der Waals surface area contributed by atoms with Crippen LogP contribution in [0.3, 0.4) is 0 Å². The van der Waals surface area contributed by atoms with E-state index < -0.39 is 0 Å². The molecule has 1 saturated carbocycles. The van der Waals surface area contributed by atoms with Crippen LogP contribution in [0.4, 0.5) is 0 Å². The fraction of sp³-hybridized carbons (Fsp3) is 0.833. The highest BCUT2D eigenvalue weighted by Gasteiger charge is 2.40. The normalized spacial score (nSPS) is 28.4. The Balaban J connectivity index is 1.78. The van der Waals surface area contributed by atoms with Crippen molar-refractivity contribution in [2.75, 3.05) is 0 Å². The van der Waals surface area contributed by atoms with Crippen LogP contribution in [0.25, 0.3) is 0 Å². The molecule has 2 N–H and O–H groups in total. The zero-order chi connectivity index (χ0) is 11.6. The Hall–Kier alpha value is -0.900. The molecule has 90 valence electrons. The molecule has 0 aliphatic heterocycles. The van der Waals surface area contributed by atoms with Gasteiger partial charge in [0.15, 0.2) is 0 Å². The van der Waals surface area contributed by atoms with Crippen LogP contribution in [0.5, 0.6) is 0 Å². The fourth-order valence-corrected chi connectivity index (χ4v) is 2.79. The van der Waals surface area contributed by atoms with Gasteiger partial charge >= 0.3 is 0 Å². The molecule has 0 spiro atoms. The third-order valence-corrected chi connectivity index (χ3v) is 4.24. The van der Waals surface area contributed by atoms with Crippen molar-refractivity contribution >= 4 is 0 Å². The van der Waals surface area contributed by atoms with Crippen molar-refractivity contribution in [1.82, 2.24) is 14.8 Å². The molecular formula is C12H22N4. The average Bonchev–Trinajstić information content (AvgIpc) is 2.81. The second-order valence-electron chi connectivity index (χ2n) is 5.50. The summed E-state index contributed by atoms with van der Waals surface area (Å²) in [7, 11) is 0. The standard InChI is InChI=1S/C12H22N4/c1-12(2)10(5-6-11(12)13)4-3-7-16-9-14-8-15-16/h8-11H,3-7,13H2,1-2H3/t10-,11+/m1/s1. The molecule has 0 unspecified atom stereocenters. The van der Waals surface area contributed by atoms with Crippen LogP contribution in [-0.4, -0.2) is 20.8 Å². The van der Waals surface area contributed by atoms with Crippen LogP contribution in [0.15, 0.2) is 12.7 Å². The lowest BCUT2D eigenvalue weighted by atomic mass is 9.77. The largest absolute Gasteiger partial charge is 0.327 e. The lowest BCUT2D eigenvalue weighted by Gasteiger charge is -2.31. The minimum Gasteiger partial charge on any atom is -0.327 e. The topological polar surface area (TPSA) is 56.7 Å². The SMILES string of the molecule is CC1(C)[C@H](CCCn2cncn2)CC[C@@H]1N. The van der Waals surface area contributed by atoms with Crippen LogP contribution >= 0.6 is 0 Å². The highest BCUT2D eigenvalue weighted by atomic mass is 15.3. The van der Waals surface area contributed by atoms with Crippen molar-refractivity contribution in [2.45, 2.75) is 52.1 Å². The number of nitrogens with zero attached hydrogens (tertiary/aromatic N) is 3. The van der Waals surface area contributed by atoms with Crippen molar-refractivity contribution in [1.29, 1.82) is 0 Å². The summed E-state index contributed by atoms with van der Waals surface area (Å²) in [4.78, 5) is 3.95. The number of hydrogen-bond donors (Lipinski definition) is 1. The van der Waals surface area contributed by atoms with Gasteiger partial charge in [-0.2, -0.15) is 5.10 Å². The summed E-state index contributed by atoms with van der Waals surface area (Å²) in [5.41, 5.74) is 6.45. The predicted molar refractivity (Wildman–Crippen MR) is 63.7 cm³/mol. The Morgan fingerprint density at radius 1 is 1.44 bits per heavy atom. The van der Waals surface area contributed by atoms with Gasteiger partial charge in [-0.3, -0.25) is 4.68 Å². The van der Waals surface area contributed by atoms with Crippen molar-refractivity contribution in [3.63, 3.8) is 0 Å². The fourth-order valence-electron chi connectivity index (χ4n) is 2.79.